The number of anilines is 1. The van der Waals surface area contributed by atoms with Crippen molar-refractivity contribution in [2.24, 2.45) is 0 Å². The number of carbonyl (C=O) groups is 1. The molecule has 0 N–H and O–H groups in total. The molecular weight excluding hydrogens is 278 g/mol. The van der Waals surface area contributed by atoms with Gasteiger partial charge in [0, 0.05) is 12.7 Å². The number of amides is 1. The number of para-hydroxylation sites is 1. The van der Waals surface area contributed by atoms with Gasteiger partial charge < -0.3 is 4.90 Å². The molecule has 0 atom stereocenters. The third kappa shape index (κ3) is 2.71. The molecule has 0 spiro atoms. The van der Waals surface area contributed by atoms with Crippen LogP contribution in [0.5, 0.6) is 0 Å². The number of hydrogen-bond acceptors (Lipinski definition) is 4. The fourth-order valence-corrected chi connectivity index (χ4v) is 2.01. The minimum atomic E-state index is -0.301. The molecule has 0 aliphatic rings. The van der Waals surface area contributed by atoms with Crippen molar-refractivity contribution in [3.63, 3.8) is 0 Å². The van der Waals surface area contributed by atoms with Gasteiger partial charge in [0.15, 0.2) is 0 Å². The second-order valence-corrected chi connectivity index (χ2v) is 4.94. The van der Waals surface area contributed by atoms with Crippen molar-refractivity contribution in [1.29, 1.82) is 0 Å². The molecule has 6 nitrogen and oxygen atoms in total. The molecule has 0 aliphatic heterocycles. The minimum Gasteiger partial charge on any atom is -0.309 e. The molecule has 110 valence electrons. The Hall–Kier alpha value is -3.02. The summed E-state index contributed by atoms with van der Waals surface area (Å²) in [5, 5.41) is 12.0. The summed E-state index contributed by atoms with van der Waals surface area (Å²) in [6.45, 7) is 2.00. The second-order valence-electron chi connectivity index (χ2n) is 4.94. The fourth-order valence-electron chi connectivity index (χ4n) is 2.01. The molecule has 1 amide bonds. The number of aryl methyl sites for hydroxylation is 1. The number of rotatable bonds is 3. The standard InChI is InChI=1S/C16H15N5O/c1-12-8-10-14(11-9-12)21-18-15(17-19-21)16(22)20(2)13-6-4-3-5-7-13/h3-11H,1-2H3. The molecule has 1 aromatic heterocycles. The summed E-state index contributed by atoms with van der Waals surface area (Å²) in [5.74, 6) is -0.239. The average Bonchev–Trinajstić information content (AvgIpc) is 3.05. The van der Waals surface area contributed by atoms with Gasteiger partial charge in [0.1, 0.15) is 0 Å². The van der Waals surface area contributed by atoms with E-state index in [1.165, 1.54) is 9.70 Å². The molecule has 0 saturated carbocycles. The third-order valence-corrected chi connectivity index (χ3v) is 3.32. The molecule has 2 aromatic carbocycles. The average molecular weight is 293 g/mol. The Morgan fingerprint density at radius 2 is 1.73 bits per heavy atom. The zero-order valence-corrected chi connectivity index (χ0v) is 12.3. The maximum Gasteiger partial charge on any atom is 0.299 e. The summed E-state index contributed by atoms with van der Waals surface area (Å²) < 4.78 is 0. The number of carbonyl (C=O) groups excluding carboxylic acids is 1. The summed E-state index contributed by atoms with van der Waals surface area (Å²) in [6, 6.07) is 17.0. The van der Waals surface area contributed by atoms with Gasteiger partial charge in [0.05, 0.1) is 5.69 Å². The zero-order valence-electron chi connectivity index (χ0n) is 12.3. The van der Waals surface area contributed by atoms with Gasteiger partial charge in [-0.05, 0) is 36.4 Å². The molecule has 0 fully saturated rings. The van der Waals surface area contributed by atoms with E-state index in [4.69, 9.17) is 0 Å². The van der Waals surface area contributed by atoms with Gasteiger partial charge in [0.2, 0.25) is 0 Å². The van der Waals surface area contributed by atoms with E-state index < -0.39 is 0 Å². The van der Waals surface area contributed by atoms with Crippen molar-refractivity contribution in [2.75, 3.05) is 11.9 Å². The van der Waals surface area contributed by atoms with Gasteiger partial charge in [-0.15, -0.1) is 15.0 Å². The topological polar surface area (TPSA) is 63.9 Å². The first-order chi connectivity index (χ1) is 10.6. The summed E-state index contributed by atoms with van der Waals surface area (Å²) in [5.41, 5.74) is 2.68. The van der Waals surface area contributed by atoms with Crippen molar-refractivity contribution in [2.45, 2.75) is 6.92 Å². The van der Waals surface area contributed by atoms with E-state index in [9.17, 15) is 4.79 Å². The molecular formula is C16H15N5O. The highest BCUT2D eigenvalue weighted by atomic mass is 16.2. The number of benzene rings is 2. The van der Waals surface area contributed by atoms with Crippen molar-refractivity contribution < 1.29 is 4.79 Å². The normalized spacial score (nSPS) is 10.5. The van der Waals surface area contributed by atoms with Gasteiger partial charge in [-0.1, -0.05) is 35.9 Å². The Kier molecular flexibility index (Phi) is 3.65. The fraction of sp³-hybridized carbons (Fsp3) is 0.125. The lowest BCUT2D eigenvalue weighted by atomic mass is 10.2. The van der Waals surface area contributed by atoms with Gasteiger partial charge in [-0.3, -0.25) is 4.79 Å². The van der Waals surface area contributed by atoms with Crippen LogP contribution < -0.4 is 4.90 Å². The largest absolute Gasteiger partial charge is 0.309 e. The van der Waals surface area contributed by atoms with Crippen molar-refractivity contribution >= 4 is 11.6 Å². The lowest BCUT2D eigenvalue weighted by Crippen LogP contribution is -2.27. The summed E-state index contributed by atoms with van der Waals surface area (Å²) >= 11 is 0. The van der Waals surface area contributed by atoms with E-state index in [0.717, 1.165) is 16.9 Å². The van der Waals surface area contributed by atoms with Crippen LogP contribution in [0.3, 0.4) is 0 Å². The smallest absolute Gasteiger partial charge is 0.299 e. The Bertz CT molecular complexity index is 780. The lowest BCUT2D eigenvalue weighted by molar-refractivity contribution is 0.0983. The Balaban J connectivity index is 1.84. The molecule has 0 saturated heterocycles. The van der Waals surface area contributed by atoms with Crippen LogP contribution in [0.25, 0.3) is 5.69 Å². The number of nitrogens with zero attached hydrogens (tertiary/aromatic N) is 5. The number of aromatic nitrogens is 4. The maximum atomic E-state index is 12.4. The lowest BCUT2D eigenvalue weighted by Gasteiger charge is -2.14. The van der Waals surface area contributed by atoms with Gasteiger partial charge in [-0.2, -0.15) is 0 Å². The van der Waals surface area contributed by atoms with Crippen LogP contribution >= 0.6 is 0 Å². The van der Waals surface area contributed by atoms with Crippen LogP contribution in [0.4, 0.5) is 5.69 Å². The number of tetrazole rings is 1. The molecule has 0 unspecified atom stereocenters. The predicted octanol–water partition coefficient (Wildman–Crippen LogP) is 2.25. The summed E-state index contributed by atoms with van der Waals surface area (Å²) in [7, 11) is 1.68. The quantitative estimate of drug-likeness (QED) is 0.743. The highest BCUT2D eigenvalue weighted by molar-refractivity contribution is 6.02. The molecule has 3 rings (SSSR count). The Morgan fingerprint density at radius 1 is 1.05 bits per heavy atom. The highest BCUT2D eigenvalue weighted by Crippen LogP contribution is 2.13. The molecule has 1 heterocycles. The van der Waals surface area contributed by atoms with Crippen LogP contribution in [0.2, 0.25) is 0 Å². The van der Waals surface area contributed by atoms with E-state index in [-0.39, 0.29) is 11.7 Å². The Morgan fingerprint density at radius 3 is 2.41 bits per heavy atom. The van der Waals surface area contributed by atoms with Crippen LogP contribution in [0.1, 0.15) is 16.2 Å². The number of hydrogen-bond donors (Lipinski definition) is 0. The van der Waals surface area contributed by atoms with Crippen LogP contribution in [0.15, 0.2) is 54.6 Å². The van der Waals surface area contributed by atoms with E-state index in [2.05, 4.69) is 15.4 Å². The van der Waals surface area contributed by atoms with Gasteiger partial charge >= 0.3 is 0 Å². The Labute approximate surface area is 128 Å². The molecule has 3 aromatic rings. The van der Waals surface area contributed by atoms with E-state index in [1.54, 1.807) is 7.05 Å². The highest BCUT2D eigenvalue weighted by Gasteiger charge is 2.19. The summed E-state index contributed by atoms with van der Waals surface area (Å²) in [6.07, 6.45) is 0. The van der Waals surface area contributed by atoms with Crippen LogP contribution in [-0.2, 0) is 0 Å². The van der Waals surface area contributed by atoms with E-state index >= 15 is 0 Å². The van der Waals surface area contributed by atoms with Crippen molar-refractivity contribution in [3.8, 4) is 5.69 Å². The molecule has 0 aliphatic carbocycles. The predicted molar refractivity (Wildman–Crippen MR) is 83.1 cm³/mol. The summed E-state index contributed by atoms with van der Waals surface area (Å²) in [4.78, 5) is 15.2. The monoisotopic (exact) mass is 293 g/mol. The third-order valence-electron chi connectivity index (χ3n) is 3.32. The molecule has 6 heteroatoms. The first-order valence-electron chi connectivity index (χ1n) is 6.85. The second kappa shape index (κ2) is 5.77. The van der Waals surface area contributed by atoms with E-state index in [0.29, 0.717) is 0 Å². The van der Waals surface area contributed by atoms with Crippen LogP contribution in [-0.4, -0.2) is 33.2 Å². The SMILES string of the molecule is Cc1ccc(-n2nnc(C(=O)N(C)c3ccccc3)n2)cc1. The van der Waals surface area contributed by atoms with Crippen molar-refractivity contribution in [1.82, 2.24) is 20.2 Å². The van der Waals surface area contributed by atoms with Gasteiger partial charge in [0.25, 0.3) is 11.7 Å². The minimum absolute atomic E-state index is 0.0620. The zero-order chi connectivity index (χ0) is 15.5. The maximum absolute atomic E-state index is 12.4. The first-order valence-corrected chi connectivity index (χ1v) is 6.85. The first kappa shape index (κ1) is 13.9. The van der Waals surface area contributed by atoms with Gasteiger partial charge in [-0.25, -0.2) is 0 Å². The molecule has 0 bridgehead atoms. The molecule has 22 heavy (non-hydrogen) atoms. The van der Waals surface area contributed by atoms with E-state index in [1.807, 2.05) is 61.5 Å². The van der Waals surface area contributed by atoms with Crippen LogP contribution in [0, 0.1) is 6.92 Å². The molecule has 0 radical (unpaired) electrons. The van der Waals surface area contributed by atoms with Crippen molar-refractivity contribution in [3.05, 3.63) is 66.0 Å².